The monoisotopic (exact) mass is 300 g/mol. The molecular weight excluding hydrogens is 276 g/mol. The van der Waals surface area contributed by atoms with E-state index in [0.717, 1.165) is 35.3 Å². The molecule has 1 aliphatic carbocycles. The van der Waals surface area contributed by atoms with Gasteiger partial charge in [-0.15, -0.1) is 0 Å². The van der Waals surface area contributed by atoms with Crippen LogP contribution in [0, 0.1) is 12.8 Å². The van der Waals surface area contributed by atoms with E-state index in [9.17, 15) is 4.79 Å². The number of aromatic amines is 1. The minimum Gasteiger partial charge on any atom is -0.349 e. The number of nitrogens with zero attached hydrogens (tertiary/aromatic N) is 1. The molecule has 22 heavy (non-hydrogen) atoms. The van der Waals surface area contributed by atoms with Gasteiger partial charge in [-0.25, -0.2) is 4.98 Å². The molecule has 5 nitrogen and oxygen atoms in total. The van der Waals surface area contributed by atoms with E-state index in [1.807, 2.05) is 32.0 Å². The summed E-state index contributed by atoms with van der Waals surface area (Å²) in [6.07, 6.45) is 3.38. The van der Waals surface area contributed by atoms with Gasteiger partial charge in [0.25, 0.3) is 0 Å². The Labute approximate surface area is 130 Å². The van der Waals surface area contributed by atoms with Gasteiger partial charge in [0, 0.05) is 19.4 Å². The van der Waals surface area contributed by atoms with Crippen molar-refractivity contribution in [3.63, 3.8) is 0 Å². The van der Waals surface area contributed by atoms with Crippen LogP contribution in [0.4, 0.5) is 0 Å². The Morgan fingerprint density at radius 2 is 2.27 bits per heavy atom. The van der Waals surface area contributed by atoms with Crippen LogP contribution in [-0.4, -0.2) is 28.0 Å². The first-order chi connectivity index (χ1) is 10.5. The molecule has 2 aromatic rings. The molecule has 1 saturated carbocycles. The summed E-state index contributed by atoms with van der Waals surface area (Å²) in [5.74, 6) is 1.45. The fraction of sp³-hybridized carbons (Fsp3) is 0.529. The van der Waals surface area contributed by atoms with Crippen molar-refractivity contribution in [1.82, 2.24) is 15.3 Å². The smallest absolute Gasteiger partial charge is 0.220 e. The Kier molecular flexibility index (Phi) is 3.91. The van der Waals surface area contributed by atoms with Gasteiger partial charge in [0.1, 0.15) is 5.82 Å². The summed E-state index contributed by atoms with van der Waals surface area (Å²) in [5, 5.41) is 3.11. The molecule has 1 unspecified atom stereocenters. The van der Waals surface area contributed by atoms with E-state index in [4.69, 9.17) is 5.73 Å². The van der Waals surface area contributed by atoms with Crippen LogP contribution in [0.1, 0.15) is 37.6 Å². The maximum absolute atomic E-state index is 12.2. The lowest BCUT2D eigenvalue weighted by atomic mass is 9.95. The van der Waals surface area contributed by atoms with Crippen LogP contribution in [0.5, 0.6) is 0 Å². The van der Waals surface area contributed by atoms with Crippen LogP contribution < -0.4 is 11.1 Å². The second-order valence-electron chi connectivity index (χ2n) is 6.60. The van der Waals surface area contributed by atoms with Gasteiger partial charge in [0.2, 0.25) is 5.91 Å². The molecule has 1 heterocycles. The second-order valence-corrected chi connectivity index (χ2v) is 6.60. The number of rotatable bonds is 6. The second kappa shape index (κ2) is 5.72. The lowest BCUT2D eigenvalue weighted by Crippen LogP contribution is -2.53. The highest BCUT2D eigenvalue weighted by molar-refractivity contribution is 5.79. The number of aromatic nitrogens is 2. The molecular formula is C17H24N4O. The Hall–Kier alpha value is -1.88. The molecule has 3 rings (SSSR count). The number of hydrogen-bond donors (Lipinski definition) is 3. The molecule has 5 heteroatoms. The third-order valence-electron chi connectivity index (χ3n) is 4.68. The highest BCUT2D eigenvalue weighted by Gasteiger charge is 2.41. The van der Waals surface area contributed by atoms with Gasteiger partial charge >= 0.3 is 0 Å². The number of amides is 1. The average Bonchev–Trinajstić information content (AvgIpc) is 3.26. The van der Waals surface area contributed by atoms with Gasteiger partial charge in [-0.2, -0.15) is 0 Å². The Balaban J connectivity index is 1.61. The summed E-state index contributed by atoms with van der Waals surface area (Å²) in [6, 6.07) is 6.06. The zero-order valence-corrected chi connectivity index (χ0v) is 13.3. The van der Waals surface area contributed by atoms with Crippen molar-refractivity contribution in [1.29, 1.82) is 0 Å². The predicted octanol–water partition coefficient (Wildman–Crippen LogP) is 2.05. The lowest BCUT2D eigenvalue weighted by Gasteiger charge is -2.29. The number of nitrogens with two attached hydrogens (primary N) is 1. The maximum atomic E-state index is 12.2. The number of benzene rings is 1. The van der Waals surface area contributed by atoms with Crippen molar-refractivity contribution >= 4 is 16.9 Å². The zero-order valence-electron chi connectivity index (χ0n) is 13.3. The van der Waals surface area contributed by atoms with E-state index in [1.165, 1.54) is 0 Å². The molecule has 0 radical (unpaired) electrons. The minimum atomic E-state index is -0.248. The van der Waals surface area contributed by atoms with Crippen molar-refractivity contribution in [2.24, 2.45) is 11.7 Å². The molecule has 0 saturated heterocycles. The topological polar surface area (TPSA) is 83.8 Å². The van der Waals surface area contributed by atoms with Crippen molar-refractivity contribution in [2.45, 2.75) is 45.1 Å². The van der Waals surface area contributed by atoms with Gasteiger partial charge in [0.15, 0.2) is 0 Å². The van der Waals surface area contributed by atoms with E-state index < -0.39 is 0 Å². The van der Waals surface area contributed by atoms with Gasteiger partial charge in [-0.05, 0) is 44.2 Å². The number of hydrogen-bond acceptors (Lipinski definition) is 3. The van der Waals surface area contributed by atoms with Crippen LogP contribution in [0.3, 0.4) is 0 Å². The number of para-hydroxylation sites is 1. The first-order valence-electron chi connectivity index (χ1n) is 7.97. The summed E-state index contributed by atoms with van der Waals surface area (Å²) >= 11 is 0. The molecule has 1 atom stereocenters. The third kappa shape index (κ3) is 2.99. The summed E-state index contributed by atoms with van der Waals surface area (Å²) in [6.45, 7) is 4.59. The van der Waals surface area contributed by atoms with Gasteiger partial charge in [-0.3, -0.25) is 4.79 Å². The Morgan fingerprint density at radius 1 is 1.50 bits per heavy atom. The van der Waals surface area contributed by atoms with Crippen molar-refractivity contribution < 1.29 is 4.79 Å². The van der Waals surface area contributed by atoms with Crippen molar-refractivity contribution in [3.05, 3.63) is 29.6 Å². The Morgan fingerprint density at radius 3 is 2.91 bits per heavy atom. The average molecular weight is 300 g/mol. The van der Waals surface area contributed by atoms with E-state index in [2.05, 4.69) is 15.3 Å². The first kappa shape index (κ1) is 15.0. The lowest BCUT2D eigenvalue weighted by molar-refractivity contribution is -0.123. The van der Waals surface area contributed by atoms with Crippen LogP contribution in [0.15, 0.2) is 18.2 Å². The molecule has 1 aromatic heterocycles. The van der Waals surface area contributed by atoms with E-state index >= 15 is 0 Å². The predicted molar refractivity (Wildman–Crippen MR) is 87.5 cm³/mol. The number of carbonyl (C=O) groups excluding carboxylic acids is 1. The Bertz CT molecular complexity index is 689. The SMILES string of the molecule is Cc1cccc2[nH]c(CCC(=O)NC(C)(CN)C3CC3)nc12. The van der Waals surface area contributed by atoms with Gasteiger partial charge < -0.3 is 16.0 Å². The molecule has 1 aromatic carbocycles. The molecule has 118 valence electrons. The molecule has 0 aliphatic heterocycles. The summed E-state index contributed by atoms with van der Waals surface area (Å²) in [7, 11) is 0. The standard InChI is InChI=1S/C17H24N4O/c1-11-4-3-5-13-16(11)20-14(19-13)8-9-15(22)21-17(2,10-18)12-6-7-12/h3-5,12H,6-10,18H2,1-2H3,(H,19,20)(H,21,22). The highest BCUT2D eigenvalue weighted by atomic mass is 16.1. The molecule has 1 aliphatic rings. The summed E-state index contributed by atoms with van der Waals surface area (Å²) in [4.78, 5) is 20.1. The molecule has 0 spiro atoms. The molecule has 0 bridgehead atoms. The van der Waals surface area contributed by atoms with Crippen molar-refractivity contribution in [3.8, 4) is 0 Å². The van der Waals surface area contributed by atoms with Crippen LogP contribution in [-0.2, 0) is 11.2 Å². The van der Waals surface area contributed by atoms with Crippen LogP contribution in [0.2, 0.25) is 0 Å². The van der Waals surface area contributed by atoms with E-state index in [0.29, 0.717) is 25.3 Å². The first-order valence-corrected chi connectivity index (χ1v) is 7.97. The number of H-pyrrole nitrogens is 1. The van der Waals surface area contributed by atoms with Gasteiger partial charge in [0.05, 0.1) is 16.6 Å². The molecule has 1 fully saturated rings. The number of nitrogens with one attached hydrogen (secondary N) is 2. The quantitative estimate of drug-likeness (QED) is 0.763. The largest absolute Gasteiger partial charge is 0.349 e. The normalized spacial score (nSPS) is 17.4. The molecule has 1 amide bonds. The highest BCUT2D eigenvalue weighted by Crippen LogP contribution is 2.39. The fourth-order valence-corrected chi connectivity index (χ4v) is 3.00. The summed E-state index contributed by atoms with van der Waals surface area (Å²) < 4.78 is 0. The van der Waals surface area contributed by atoms with E-state index in [1.54, 1.807) is 0 Å². The number of imidazole rings is 1. The van der Waals surface area contributed by atoms with Crippen LogP contribution in [0.25, 0.3) is 11.0 Å². The molecule has 4 N–H and O–H groups in total. The number of aryl methyl sites for hydroxylation is 2. The van der Waals surface area contributed by atoms with Gasteiger partial charge in [-0.1, -0.05) is 12.1 Å². The number of fused-ring (bicyclic) bond motifs is 1. The van der Waals surface area contributed by atoms with E-state index in [-0.39, 0.29) is 11.4 Å². The minimum absolute atomic E-state index is 0.0528. The maximum Gasteiger partial charge on any atom is 0.220 e. The number of carbonyl (C=O) groups is 1. The van der Waals surface area contributed by atoms with Crippen molar-refractivity contribution in [2.75, 3.05) is 6.54 Å². The zero-order chi connectivity index (χ0) is 15.7. The third-order valence-corrected chi connectivity index (χ3v) is 4.68. The van der Waals surface area contributed by atoms with Crippen LogP contribution >= 0.6 is 0 Å². The summed E-state index contributed by atoms with van der Waals surface area (Å²) in [5.41, 5.74) is 8.75. The fourth-order valence-electron chi connectivity index (χ4n) is 3.00.